The third-order valence-corrected chi connectivity index (χ3v) is 5.19. The normalized spacial score (nSPS) is 46.6. The van der Waals surface area contributed by atoms with Gasteiger partial charge in [-0.3, -0.25) is 4.79 Å². The summed E-state index contributed by atoms with van der Waals surface area (Å²) in [5.74, 6) is 4.73. The zero-order valence-corrected chi connectivity index (χ0v) is 10.6. The average Bonchev–Trinajstić information content (AvgIpc) is 2.27. The van der Waals surface area contributed by atoms with Gasteiger partial charge in [-0.2, -0.15) is 0 Å². The van der Waals surface area contributed by atoms with Crippen LogP contribution in [-0.2, 0) is 4.79 Å². The van der Waals surface area contributed by atoms with Crippen LogP contribution in [0, 0.1) is 35.0 Å². The molecule has 4 bridgehead atoms. The van der Waals surface area contributed by atoms with Crippen LogP contribution in [-0.4, -0.2) is 12.5 Å². The van der Waals surface area contributed by atoms with Crippen LogP contribution >= 0.6 is 0 Å². The van der Waals surface area contributed by atoms with Crippen LogP contribution in [0.1, 0.15) is 45.4 Å². The van der Waals surface area contributed by atoms with Crippen molar-refractivity contribution in [3.63, 3.8) is 0 Å². The average molecular weight is 231 g/mol. The molecule has 4 aliphatic rings. The summed E-state index contributed by atoms with van der Waals surface area (Å²) in [5, 5.41) is 3.04. The van der Waals surface area contributed by atoms with E-state index in [2.05, 4.69) is 11.2 Å². The molecule has 4 aliphatic carbocycles. The molecule has 0 aromatic heterocycles. The maximum Gasteiger partial charge on any atom is 0.226 e. The van der Waals surface area contributed by atoms with Gasteiger partial charge in [0.05, 0.1) is 5.41 Å². The van der Waals surface area contributed by atoms with Crippen molar-refractivity contribution in [3.05, 3.63) is 0 Å². The van der Waals surface area contributed by atoms with Gasteiger partial charge in [0.2, 0.25) is 5.91 Å². The SMILES string of the molecule is C#CC12CC3CC(C1)CC(C(=O)NCC)(C3)C2. The van der Waals surface area contributed by atoms with E-state index in [1.807, 2.05) is 6.92 Å². The zero-order chi connectivity index (χ0) is 12.1. The Hall–Kier alpha value is -0.970. The van der Waals surface area contributed by atoms with E-state index >= 15 is 0 Å². The molecule has 92 valence electrons. The summed E-state index contributed by atoms with van der Waals surface area (Å²) in [4.78, 5) is 12.4. The molecule has 0 heterocycles. The molecule has 2 unspecified atom stereocenters. The predicted octanol–water partition coefficient (Wildman–Crippen LogP) is 2.34. The summed E-state index contributed by atoms with van der Waals surface area (Å²) in [5.41, 5.74) is -0.0678. The Balaban J connectivity index is 1.93. The van der Waals surface area contributed by atoms with Gasteiger partial charge in [0.15, 0.2) is 0 Å². The van der Waals surface area contributed by atoms with E-state index in [-0.39, 0.29) is 16.7 Å². The molecule has 0 spiro atoms. The largest absolute Gasteiger partial charge is 0.356 e. The summed E-state index contributed by atoms with van der Waals surface area (Å²) >= 11 is 0. The highest BCUT2D eigenvalue weighted by Crippen LogP contribution is 2.65. The smallest absolute Gasteiger partial charge is 0.226 e. The van der Waals surface area contributed by atoms with Crippen molar-refractivity contribution in [2.75, 3.05) is 6.54 Å². The number of terminal acetylenes is 1. The van der Waals surface area contributed by atoms with Crippen molar-refractivity contribution in [2.45, 2.75) is 45.4 Å². The molecule has 2 atom stereocenters. The zero-order valence-electron chi connectivity index (χ0n) is 10.6. The second kappa shape index (κ2) is 3.51. The maximum absolute atomic E-state index is 12.4. The lowest BCUT2D eigenvalue weighted by atomic mass is 9.44. The topological polar surface area (TPSA) is 29.1 Å². The summed E-state index contributed by atoms with van der Waals surface area (Å²) < 4.78 is 0. The standard InChI is InChI=1S/C15H21NO/c1-3-14-6-11-5-12(7-14)9-15(8-11,10-14)13(17)16-4-2/h1,11-12H,4-10H2,2H3,(H,16,17). The lowest BCUT2D eigenvalue weighted by Crippen LogP contribution is -2.57. The minimum absolute atomic E-state index is 0.0508. The molecule has 0 aliphatic heterocycles. The highest BCUT2D eigenvalue weighted by atomic mass is 16.2. The fourth-order valence-corrected chi connectivity index (χ4v) is 5.05. The number of carbonyl (C=O) groups excluding carboxylic acids is 1. The number of rotatable bonds is 2. The third kappa shape index (κ3) is 1.52. The fraction of sp³-hybridized carbons (Fsp3) is 0.800. The Morgan fingerprint density at radius 2 is 2.00 bits per heavy atom. The van der Waals surface area contributed by atoms with Crippen LogP contribution in [0.25, 0.3) is 0 Å². The second-order valence-electron chi connectivity index (χ2n) is 6.53. The van der Waals surface area contributed by atoms with Crippen LogP contribution in [0.5, 0.6) is 0 Å². The van der Waals surface area contributed by atoms with Gasteiger partial charge in [0.1, 0.15) is 0 Å². The van der Waals surface area contributed by atoms with Crippen LogP contribution in [0.15, 0.2) is 0 Å². The summed E-state index contributed by atoms with van der Waals surface area (Å²) in [6.07, 6.45) is 12.5. The van der Waals surface area contributed by atoms with Gasteiger partial charge < -0.3 is 5.32 Å². The van der Waals surface area contributed by atoms with Gasteiger partial charge >= 0.3 is 0 Å². The maximum atomic E-state index is 12.4. The molecule has 0 aromatic rings. The first-order valence-electron chi connectivity index (χ1n) is 6.87. The first-order chi connectivity index (χ1) is 8.11. The molecule has 0 saturated heterocycles. The quantitative estimate of drug-likeness (QED) is 0.726. The second-order valence-corrected chi connectivity index (χ2v) is 6.53. The van der Waals surface area contributed by atoms with Crippen molar-refractivity contribution in [1.82, 2.24) is 5.32 Å². The van der Waals surface area contributed by atoms with Crippen molar-refractivity contribution in [2.24, 2.45) is 22.7 Å². The van der Waals surface area contributed by atoms with E-state index in [0.29, 0.717) is 11.8 Å². The monoisotopic (exact) mass is 231 g/mol. The minimum Gasteiger partial charge on any atom is -0.356 e. The Bertz CT molecular complexity index is 378. The first kappa shape index (κ1) is 11.1. The van der Waals surface area contributed by atoms with Crippen LogP contribution in [0.4, 0.5) is 0 Å². The molecule has 2 nitrogen and oxygen atoms in total. The molecular formula is C15H21NO. The van der Waals surface area contributed by atoms with Crippen molar-refractivity contribution in [1.29, 1.82) is 0 Å². The van der Waals surface area contributed by atoms with Crippen LogP contribution in [0.2, 0.25) is 0 Å². The minimum atomic E-state index is -0.119. The van der Waals surface area contributed by atoms with E-state index in [0.717, 1.165) is 25.8 Å². The van der Waals surface area contributed by atoms with Crippen molar-refractivity contribution >= 4 is 5.91 Å². The molecule has 4 rings (SSSR count). The van der Waals surface area contributed by atoms with Crippen LogP contribution in [0.3, 0.4) is 0 Å². The van der Waals surface area contributed by atoms with Gasteiger partial charge in [0.25, 0.3) is 0 Å². The van der Waals surface area contributed by atoms with Gasteiger partial charge in [-0.1, -0.05) is 5.92 Å². The van der Waals surface area contributed by atoms with Crippen molar-refractivity contribution in [3.8, 4) is 12.3 Å². The molecular weight excluding hydrogens is 210 g/mol. The lowest BCUT2D eigenvalue weighted by Gasteiger charge is -2.59. The predicted molar refractivity (Wildman–Crippen MR) is 67.1 cm³/mol. The van der Waals surface area contributed by atoms with E-state index in [4.69, 9.17) is 6.42 Å². The molecule has 2 heteroatoms. The number of nitrogens with one attached hydrogen (secondary N) is 1. The van der Waals surface area contributed by atoms with Gasteiger partial charge in [-0.25, -0.2) is 0 Å². The lowest BCUT2D eigenvalue weighted by molar-refractivity contribution is -0.151. The highest BCUT2D eigenvalue weighted by molar-refractivity contribution is 5.83. The Morgan fingerprint density at radius 1 is 1.35 bits per heavy atom. The summed E-state index contributed by atoms with van der Waals surface area (Å²) in [6, 6.07) is 0. The number of hydrogen-bond acceptors (Lipinski definition) is 1. The first-order valence-corrected chi connectivity index (χ1v) is 6.87. The van der Waals surface area contributed by atoms with Crippen LogP contribution < -0.4 is 5.32 Å². The third-order valence-electron chi connectivity index (χ3n) is 5.19. The number of carbonyl (C=O) groups is 1. The number of hydrogen-bond donors (Lipinski definition) is 1. The number of amides is 1. The van der Waals surface area contributed by atoms with Gasteiger partial charge in [0, 0.05) is 12.0 Å². The van der Waals surface area contributed by atoms with Gasteiger partial charge in [-0.05, 0) is 57.3 Å². The fourth-order valence-electron chi connectivity index (χ4n) is 5.05. The van der Waals surface area contributed by atoms with E-state index in [1.165, 1.54) is 19.3 Å². The van der Waals surface area contributed by atoms with E-state index in [1.54, 1.807) is 0 Å². The Labute approximate surface area is 104 Å². The molecule has 4 fully saturated rings. The summed E-state index contributed by atoms with van der Waals surface area (Å²) in [6.45, 7) is 2.73. The Kier molecular flexibility index (Phi) is 2.30. The molecule has 17 heavy (non-hydrogen) atoms. The van der Waals surface area contributed by atoms with Crippen molar-refractivity contribution < 1.29 is 4.79 Å². The van der Waals surface area contributed by atoms with E-state index in [9.17, 15) is 4.79 Å². The molecule has 0 radical (unpaired) electrons. The van der Waals surface area contributed by atoms with Gasteiger partial charge in [-0.15, -0.1) is 6.42 Å². The summed E-state index contributed by atoms with van der Waals surface area (Å²) in [7, 11) is 0. The Morgan fingerprint density at radius 3 is 2.53 bits per heavy atom. The molecule has 4 saturated carbocycles. The van der Waals surface area contributed by atoms with E-state index < -0.39 is 0 Å². The molecule has 1 N–H and O–H groups in total. The highest BCUT2D eigenvalue weighted by Gasteiger charge is 2.59. The molecule has 0 aromatic carbocycles. The molecule has 1 amide bonds.